The standard InChI is InChI=1S/C21H20ClF2N5O5/c22-10-4-13-20(28-19(10)26-5-9-11(23)2-1-3-12(9)24)29-21(27-13)34-15-7-33-17-14(6-32-18(15)17)31-8-16(25)30/h1-4,14-15,17-18H,5-8H2,(H2,25,30)(H2,26,27,28,29)/t14-,15-,17-,18-/m1/s1. The zero-order valence-corrected chi connectivity index (χ0v) is 18.4. The van der Waals surface area contributed by atoms with Crippen LogP contribution in [0.1, 0.15) is 5.56 Å². The minimum atomic E-state index is -0.673. The van der Waals surface area contributed by atoms with Gasteiger partial charge in [-0.25, -0.2) is 13.8 Å². The van der Waals surface area contributed by atoms with E-state index in [9.17, 15) is 13.6 Å². The van der Waals surface area contributed by atoms with Gasteiger partial charge in [-0.05, 0) is 18.2 Å². The van der Waals surface area contributed by atoms with Crippen molar-refractivity contribution in [1.29, 1.82) is 0 Å². The van der Waals surface area contributed by atoms with Crippen molar-refractivity contribution in [2.45, 2.75) is 31.0 Å². The fourth-order valence-electron chi connectivity index (χ4n) is 3.95. The number of hydrogen-bond acceptors (Lipinski definition) is 8. The van der Waals surface area contributed by atoms with Crippen molar-refractivity contribution in [3.8, 4) is 6.01 Å². The van der Waals surface area contributed by atoms with Crippen LogP contribution in [0.2, 0.25) is 5.02 Å². The topological polar surface area (TPSA) is 134 Å². The predicted molar refractivity (Wildman–Crippen MR) is 115 cm³/mol. The summed E-state index contributed by atoms with van der Waals surface area (Å²) < 4.78 is 50.6. The summed E-state index contributed by atoms with van der Waals surface area (Å²) in [5.41, 5.74) is 5.79. The molecule has 34 heavy (non-hydrogen) atoms. The van der Waals surface area contributed by atoms with Gasteiger partial charge in [0.2, 0.25) is 5.91 Å². The first kappa shape index (κ1) is 22.7. The highest BCUT2D eigenvalue weighted by atomic mass is 35.5. The van der Waals surface area contributed by atoms with Gasteiger partial charge in [-0.2, -0.15) is 4.98 Å². The number of carbonyl (C=O) groups excluding carboxylic acids is 1. The summed E-state index contributed by atoms with van der Waals surface area (Å²) >= 11 is 6.28. The SMILES string of the molecule is NC(=O)CO[C@@H]1CO[C@H]2[C@@H]1OC[C@H]2Oc1nc2nc(NCc3c(F)cccc3F)c(Cl)cc2[nH]1. The fourth-order valence-corrected chi connectivity index (χ4v) is 4.17. The second-order valence-corrected chi connectivity index (χ2v) is 8.26. The normalized spacial score (nSPS) is 23.9. The summed E-state index contributed by atoms with van der Waals surface area (Å²) in [5.74, 6) is -1.70. The molecule has 4 N–H and O–H groups in total. The van der Waals surface area contributed by atoms with Gasteiger partial charge in [0.25, 0.3) is 6.01 Å². The summed E-state index contributed by atoms with van der Waals surface area (Å²) in [6, 6.07) is 5.40. The Bertz CT molecular complexity index is 1210. The highest BCUT2D eigenvalue weighted by molar-refractivity contribution is 6.33. The number of aromatic nitrogens is 3. The average Bonchev–Trinajstić information content (AvgIpc) is 3.48. The Labute approximate surface area is 196 Å². The molecule has 1 aromatic carbocycles. The van der Waals surface area contributed by atoms with E-state index in [1.807, 2.05) is 0 Å². The van der Waals surface area contributed by atoms with Crippen molar-refractivity contribution in [3.05, 3.63) is 46.5 Å². The molecular formula is C21H20ClF2N5O5. The van der Waals surface area contributed by atoms with Gasteiger partial charge >= 0.3 is 0 Å². The smallest absolute Gasteiger partial charge is 0.296 e. The quantitative estimate of drug-likeness (QED) is 0.431. The van der Waals surface area contributed by atoms with Gasteiger partial charge in [-0.1, -0.05) is 17.7 Å². The molecule has 13 heteroatoms. The number of ether oxygens (including phenoxy) is 4. The van der Waals surface area contributed by atoms with Gasteiger partial charge in [0, 0.05) is 12.1 Å². The predicted octanol–water partition coefficient (Wildman–Crippen LogP) is 1.92. The number of imidazole rings is 1. The first-order chi connectivity index (χ1) is 16.4. The molecule has 0 aliphatic carbocycles. The molecule has 5 rings (SSSR count). The summed E-state index contributed by atoms with van der Waals surface area (Å²) in [6.45, 7) is 0.112. The van der Waals surface area contributed by atoms with E-state index in [0.29, 0.717) is 11.2 Å². The molecule has 2 fully saturated rings. The minimum Gasteiger partial charge on any atom is -0.456 e. The molecule has 10 nitrogen and oxygen atoms in total. The summed E-state index contributed by atoms with van der Waals surface area (Å²) in [5, 5.41) is 3.07. The molecule has 2 aliphatic heterocycles. The number of anilines is 1. The van der Waals surface area contributed by atoms with E-state index in [1.54, 1.807) is 6.07 Å². The number of primary amides is 1. The summed E-state index contributed by atoms with van der Waals surface area (Å²) in [4.78, 5) is 22.6. The second-order valence-electron chi connectivity index (χ2n) is 7.85. The lowest BCUT2D eigenvalue weighted by Crippen LogP contribution is -2.36. The first-order valence-corrected chi connectivity index (χ1v) is 10.8. The molecule has 180 valence electrons. The Hall–Kier alpha value is -3.06. The Morgan fingerprint density at radius 1 is 1.21 bits per heavy atom. The lowest BCUT2D eigenvalue weighted by molar-refractivity contribution is -0.126. The van der Waals surface area contributed by atoms with E-state index < -0.39 is 42.0 Å². The molecule has 1 amide bonds. The number of fused-ring (bicyclic) bond motifs is 2. The number of hydrogen-bond donors (Lipinski definition) is 3. The van der Waals surface area contributed by atoms with Crippen LogP contribution in [0.5, 0.6) is 6.01 Å². The number of nitrogens with two attached hydrogens (primary N) is 1. The summed E-state index contributed by atoms with van der Waals surface area (Å²) in [6.07, 6.45) is -1.69. The van der Waals surface area contributed by atoms with E-state index >= 15 is 0 Å². The second kappa shape index (κ2) is 9.29. The fraction of sp³-hybridized carbons (Fsp3) is 0.381. The van der Waals surface area contributed by atoms with Crippen molar-refractivity contribution in [2.75, 3.05) is 25.1 Å². The number of H-pyrrole nitrogens is 1. The van der Waals surface area contributed by atoms with Gasteiger partial charge in [-0.3, -0.25) is 4.79 Å². The highest BCUT2D eigenvalue weighted by Gasteiger charge is 2.50. The van der Waals surface area contributed by atoms with E-state index in [-0.39, 0.29) is 48.8 Å². The van der Waals surface area contributed by atoms with Gasteiger partial charge in [-0.15, -0.1) is 0 Å². The number of aromatic amines is 1. The zero-order chi connectivity index (χ0) is 23.8. The highest BCUT2D eigenvalue weighted by Crippen LogP contribution is 2.32. The van der Waals surface area contributed by atoms with Crippen molar-refractivity contribution < 1.29 is 32.5 Å². The summed E-state index contributed by atoms with van der Waals surface area (Å²) in [7, 11) is 0. The van der Waals surface area contributed by atoms with Gasteiger partial charge in [0.1, 0.15) is 42.4 Å². The molecule has 0 unspecified atom stereocenters. The number of carbonyl (C=O) groups is 1. The number of pyridine rings is 1. The number of benzene rings is 1. The Balaban J connectivity index is 1.26. The van der Waals surface area contributed by atoms with Crippen LogP contribution < -0.4 is 15.8 Å². The first-order valence-electron chi connectivity index (χ1n) is 10.4. The van der Waals surface area contributed by atoms with E-state index in [4.69, 9.17) is 36.3 Å². The molecule has 4 atom stereocenters. The van der Waals surface area contributed by atoms with E-state index in [1.165, 1.54) is 18.2 Å². The number of halogens is 3. The van der Waals surface area contributed by atoms with Gasteiger partial charge in [0.05, 0.1) is 23.8 Å². The molecule has 0 radical (unpaired) electrons. The average molecular weight is 496 g/mol. The molecule has 0 bridgehead atoms. The van der Waals surface area contributed by atoms with Gasteiger partial charge < -0.3 is 35.0 Å². The maximum Gasteiger partial charge on any atom is 0.296 e. The third kappa shape index (κ3) is 4.49. The van der Waals surface area contributed by atoms with Gasteiger partial charge in [0.15, 0.2) is 11.8 Å². The van der Waals surface area contributed by atoms with Crippen LogP contribution in [0.15, 0.2) is 24.3 Å². The molecular weight excluding hydrogens is 476 g/mol. The number of nitrogens with zero attached hydrogens (tertiary/aromatic N) is 2. The monoisotopic (exact) mass is 495 g/mol. The van der Waals surface area contributed by atoms with Crippen LogP contribution in [0.4, 0.5) is 14.6 Å². The van der Waals surface area contributed by atoms with Crippen molar-refractivity contribution >= 4 is 34.5 Å². The molecule has 3 aromatic rings. The lowest BCUT2D eigenvalue weighted by Gasteiger charge is -2.16. The lowest BCUT2D eigenvalue weighted by atomic mass is 10.1. The molecule has 2 saturated heterocycles. The van der Waals surface area contributed by atoms with Crippen LogP contribution in [0, 0.1) is 11.6 Å². The van der Waals surface area contributed by atoms with Crippen LogP contribution in [0.25, 0.3) is 11.2 Å². The maximum absolute atomic E-state index is 13.9. The number of nitrogens with one attached hydrogen (secondary N) is 2. The number of rotatable bonds is 8. The third-order valence-electron chi connectivity index (χ3n) is 5.56. The third-order valence-corrected chi connectivity index (χ3v) is 5.85. The van der Waals surface area contributed by atoms with Crippen LogP contribution in [0.3, 0.4) is 0 Å². The van der Waals surface area contributed by atoms with Crippen LogP contribution in [-0.2, 0) is 25.5 Å². The van der Waals surface area contributed by atoms with E-state index in [0.717, 1.165) is 0 Å². The Morgan fingerprint density at radius 3 is 2.65 bits per heavy atom. The van der Waals surface area contributed by atoms with Crippen molar-refractivity contribution in [2.24, 2.45) is 5.73 Å². The maximum atomic E-state index is 13.9. The van der Waals surface area contributed by atoms with Crippen LogP contribution in [-0.4, -0.2) is 65.1 Å². The molecule has 0 spiro atoms. The van der Waals surface area contributed by atoms with Crippen LogP contribution >= 0.6 is 11.6 Å². The molecule has 2 aromatic heterocycles. The van der Waals surface area contributed by atoms with Crippen molar-refractivity contribution in [1.82, 2.24) is 15.0 Å². The molecule has 0 saturated carbocycles. The van der Waals surface area contributed by atoms with Crippen molar-refractivity contribution in [3.63, 3.8) is 0 Å². The Kier molecular flexibility index (Phi) is 6.21. The molecule has 2 aliphatic rings. The largest absolute Gasteiger partial charge is 0.456 e. The Morgan fingerprint density at radius 2 is 1.91 bits per heavy atom. The minimum absolute atomic E-state index is 0.128. The van der Waals surface area contributed by atoms with E-state index in [2.05, 4.69) is 20.3 Å². The zero-order valence-electron chi connectivity index (χ0n) is 17.6. The number of amides is 1. The molecule has 4 heterocycles.